The third kappa shape index (κ3) is 5.50. The van der Waals surface area contributed by atoms with Crippen molar-refractivity contribution in [3.05, 3.63) is 23.2 Å². The van der Waals surface area contributed by atoms with E-state index in [2.05, 4.69) is 10.6 Å². The number of hydrogen-bond acceptors (Lipinski definition) is 4. The molecule has 0 heterocycles. The van der Waals surface area contributed by atoms with Gasteiger partial charge in [-0.05, 0) is 52.2 Å². The first kappa shape index (κ1) is 17.7. The van der Waals surface area contributed by atoms with Crippen LogP contribution in [0.1, 0.15) is 40.0 Å². The lowest BCUT2D eigenvalue weighted by Gasteiger charge is -2.22. The number of alkyl carbamates (subject to hydrolysis) is 1. The number of rotatable bonds is 4. The molecular formula is C17H25ClN2O3. The second kappa shape index (κ2) is 7.30. The molecule has 128 valence electrons. The molecule has 2 N–H and O–H groups in total. The Morgan fingerprint density at radius 1 is 1.26 bits per heavy atom. The van der Waals surface area contributed by atoms with Crippen LogP contribution < -0.4 is 15.4 Å². The zero-order valence-electron chi connectivity index (χ0n) is 14.1. The van der Waals surface area contributed by atoms with Crippen molar-refractivity contribution in [2.75, 3.05) is 12.4 Å². The van der Waals surface area contributed by atoms with Gasteiger partial charge in [-0.2, -0.15) is 0 Å². The van der Waals surface area contributed by atoms with Crippen molar-refractivity contribution in [1.82, 2.24) is 5.32 Å². The Kier molecular flexibility index (Phi) is 5.63. The molecule has 0 spiro atoms. The lowest BCUT2D eigenvalue weighted by molar-refractivity contribution is 0.0505. The molecule has 23 heavy (non-hydrogen) atoms. The maximum atomic E-state index is 11.8. The number of carbonyl (C=O) groups is 1. The monoisotopic (exact) mass is 340 g/mol. The topological polar surface area (TPSA) is 59.6 Å². The fourth-order valence-electron chi connectivity index (χ4n) is 2.70. The van der Waals surface area contributed by atoms with E-state index in [1.54, 1.807) is 7.11 Å². The van der Waals surface area contributed by atoms with Crippen LogP contribution in [-0.2, 0) is 4.74 Å². The Bertz CT molecular complexity index is 557. The molecule has 1 aliphatic rings. The van der Waals surface area contributed by atoms with Gasteiger partial charge in [-0.1, -0.05) is 11.6 Å². The Morgan fingerprint density at radius 2 is 1.96 bits per heavy atom. The largest absolute Gasteiger partial charge is 0.495 e. The van der Waals surface area contributed by atoms with E-state index in [-0.39, 0.29) is 12.1 Å². The van der Waals surface area contributed by atoms with Crippen molar-refractivity contribution < 1.29 is 14.3 Å². The van der Waals surface area contributed by atoms with Gasteiger partial charge >= 0.3 is 6.09 Å². The van der Waals surface area contributed by atoms with Crippen LogP contribution in [-0.4, -0.2) is 30.9 Å². The molecule has 0 saturated heterocycles. The van der Waals surface area contributed by atoms with Gasteiger partial charge in [0.15, 0.2) is 0 Å². The van der Waals surface area contributed by atoms with Crippen molar-refractivity contribution in [2.24, 2.45) is 0 Å². The van der Waals surface area contributed by atoms with Crippen LogP contribution in [0.15, 0.2) is 18.2 Å². The molecule has 1 aromatic carbocycles. The summed E-state index contributed by atoms with van der Waals surface area (Å²) in [5.74, 6) is 0.651. The third-order valence-corrected chi connectivity index (χ3v) is 3.99. The zero-order valence-corrected chi connectivity index (χ0v) is 14.9. The number of anilines is 1. The van der Waals surface area contributed by atoms with E-state index in [4.69, 9.17) is 21.1 Å². The molecule has 0 aromatic heterocycles. The molecule has 1 saturated carbocycles. The minimum absolute atomic E-state index is 0.136. The standard InChI is InChI=1S/C17H25ClN2O3/c1-17(2,3)23-16(21)20-12-6-5-11(9-12)19-13-7-8-14(18)15(10-13)22-4/h7-8,10-12,19H,5-6,9H2,1-4H3,(H,20,21). The Labute approximate surface area is 142 Å². The smallest absolute Gasteiger partial charge is 0.407 e. The molecule has 1 aliphatic carbocycles. The Balaban J connectivity index is 1.85. The second-order valence-electron chi connectivity index (χ2n) is 6.85. The fraction of sp³-hybridized carbons (Fsp3) is 0.588. The summed E-state index contributed by atoms with van der Waals surface area (Å²) in [6, 6.07) is 6.07. The molecule has 1 aromatic rings. The van der Waals surface area contributed by atoms with Crippen molar-refractivity contribution in [3.63, 3.8) is 0 Å². The fourth-order valence-corrected chi connectivity index (χ4v) is 2.90. The van der Waals surface area contributed by atoms with E-state index in [1.165, 1.54) is 0 Å². The first-order valence-electron chi connectivity index (χ1n) is 7.86. The molecular weight excluding hydrogens is 316 g/mol. The number of methoxy groups -OCH3 is 1. The molecule has 0 radical (unpaired) electrons. The summed E-state index contributed by atoms with van der Waals surface area (Å²) >= 11 is 6.03. The summed E-state index contributed by atoms with van der Waals surface area (Å²) in [5, 5.41) is 6.99. The summed E-state index contributed by atoms with van der Waals surface area (Å²) in [6.07, 6.45) is 2.44. The van der Waals surface area contributed by atoms with Gasteiger partial charge in [0.2, 0.25) is 0 Å². The van der Waals surface area contributed by atoms with Gasteiger partial charge in [0.25, 0.3) is 0 Å². The van der Waals surface area contributed by atoms with Crippen LogP contribution in [0.3, 0.4) is 0 Å². The van der Waals surface area contributed by atoms with Crippen LogP contribution >= 0.6 is 11.6 Å². The average Bonchev–Trinajstić information content (AvgIpc) is 2.85. The summed E-state index contributed by atoms with van der Waals surface area (Å²) in [5.41, 5.74) is 0.495. The molecule has 0 aliphatic heterocycles. The average molecular weight is 341 g/mol. The van der Waals surface area contributed by atoms with Gasteiger partial charge in [-0.15, -0.1) is 0 Å². The number of hydrogen-bond donors (Lipinski definition) is 2. The highest BCUT2D eigenvalue weighted by atomic mass is 35.5. The zero-order chi connectivity index (χ0) is 17.0. The van der Waals surface area contributed by atoms with Gasteiger partial charge in [0.1, 0.15) is 11.4 Å². The molecule has 1 fully saturated rings. The van der Waals surface area contributed by atoms with Gasteiger partial charge in [0.05, 0.1) is 12.1 Å². The number of ether oxygens (including phenoxy) is 2. The maximum absolute atomic E-state index is 11.8. The van der Waals surface area contributed by atoms with Crippen LogP contribution in [0.4, 0.5) is 10.5 Å². The minimum Gasteiger partial charge on any atom is -0.495 e. The summed E-state index contributed by atoms with van der Waals surface area (Å²) in [4.78, 5) is 11.8. The van der Waals surface area contributed by atoms with Crippen molar-refractivity contribution in [1.29, 1.82) is 0 Å². The van der Waals surface area contributed by atoms with Gasteiger partial charge in [-0.25, -0.2) is 4.79 Å². The number of nitrogens with one attached hydrogen (secondary N) is 2. The molecule has 2 atom stereocenters. The van der Waals surface area contributed by atoms with E-state index < -0.39 is 5.60 Å². The molecule has 2 unspecified atom stereocenters. The van der Waals surface area contributed by atoms with Crippen LogP contribution in [0.25, 0.3) is 0 Å². The lowest BCUT2D eigenvalue weighted by Crippen LogP contribution is -2.38. The minimum atomic E-state index is -0.472. The quantitative estimate of drug-likeness (QED) is 0.862. The van der Waals surface area contributed by atoms with Crippen LogP contribution in [0, 0.1) is 0 Å². The van der Waals surface area contributed by atoms with E-state index in [0.717, 1.165) is 24.9 Å². The highest BCUT2D eigenvalue weighted by molar-refractivity contribution is 6.32. The van der Waals surface area contributed by atoms with Crippen molar-refractivity contribution in [3.8, 4) is 5.75 Å². The highest BCUT2D eigenvalue weighted by Crippen LogP contribution is 2.30. The Hall–Kier alpha value is -1.62. The number of benzene rings is 1. The summed E-state index contributed by atoms with van der Waals surface area (Å²) in [6.45, 7) is 5.58. The molecule has 5 nitrogen and oxygen atoms in total. The molecule has 2 rings (SSSR count). The number of halogens is 1. The summed E-state index contributed by atoms with van der Waals surface area (Å²) in [7, 11) is 1.60. The normalized spacial score (nSPS) is 20.9. The van der Waals surface area contributed by atoms with Gasteiger partial charge in [0, 0.05) is 23.8 Å². The summed E-state index contributed by atoms with van der Waals surface area (Å²) < 4.78 is 10.5. The van der Waals surface area contributed by atoms with Crippen molar-refractivity contribution >= 4 is 23.4 Å². The maximum Gasteiger partial charge on any atom is 0.407 e. The van der Waals surface area contributed by atoms with Crippen molar-refractivity contribution in [2.45, 2.75) is 57.7 Å². The predicted molar refractivity (Wildman–Crippen MR) is 92.4 cm³/mol. The first-order valence-corrected chi connectivity index (χ1v) is 8.24. The second-order valence-corrected chi connectivity index (χ2v) is 7.25. The molecule has 1 amide bonds. The molecule has 6 heteroatoms. The highest BCUT2D eigenvalue weighted by Gasteiger charge is 2.27. The van der Waals surface area contributed by atoms with Gasteiger partial charge < -0.3 is 20.1 Å². The third-order valence-electron chi connectivity index (χ3n) is 3.68. The lowest BCUT2D eigenvalue weighted by atomic mass is 10.2. The number of amides is 1. The molecule has 0 bridgehead atoms. The number of carbonyl (C=O) groups excluding carboxylic acids is 1. The predicted octanol–water partition coefficient (Wildman–Crippen LogP) is 4.21. The van der Waals surface area contributed by atoms with E-state index in [9.17, 15) is 4.79 Å². The Morgan fingerprint density at radius 3 is 2.61 bits per heavy atom. The van der Waals surface area contributed by atoms with E-state index >= 15 is 0 Å². The van der Waals surface area contributed by atoms with Gasteiger partial charge in [-0.3, -0.25) is 0 Å². The SMILES string of the molecule is COc1cc(NC2CCC(NC(=O)OC(C)(C)C)C2)ccc1Cl. The van der Waals surface area contributed by atoms with E-state index in [1.807, 2.05) is 39.0 Å². The van der Waals surface area contributed by atoms with Crippen LogP contribution in [0.2, 0.25) is 5.02 Å². The van der Waals surface area contributed by atoms with E-state index in [0.29, 0.717) is 16.8 Å². The first-order chi connectivity index (χ1) is 10.8. The van der Waals surface area contributed by atoms with Crippen LogP contribution in [0.5, 0.6) is 5.75 Å².